The molecule has 0 amide bonds. The van der Waals surface area contributed by atoms with Crippen LogP contribution in [0.4, 0.5) is 0 Å². The van der Waals surface area contributed by atoms with Crippen LogP contribution >= 0.6 is 0 Å². The normalized spacial score (nSPS) is 15.3. The molecule has 2 aromatic heterocycles. The van der Waals surface area contributed by atoms with E-state index in [4.69, 9.17) is 9.15 Å². The van der Waals surface area contributed by atoms with Gasteiger partial charge in [-0.15, -0.1) is 0 Å². The van der Waals surface area contributed by atoms with Crippen molar-refractivity contribution in [2.24, 2.45) is 0 Å². The molecule has 0 radical (unpaired) electrons. The molecule has 0 fully saturated rings. The molecule has 3 heterocycles. The Morgan fingerprint density at radius 2 is 2.25 bits per heavy atom. The van der Waals surface area contributed by atoms with E-state index in [-0.39, 0.29) is 0 Å². The van der Waals surface area contributed by atoms with Crippen molar-refractivity contribution in [1.82, 2.24) is 9.88 Å². The summed E-state index contributed by atoms with van der Waals surface area (Å²) in [4.78, 5) is 6.73. The van der Waals surface area contributed by atoms with E-state index < -0.39 is 0 Å². The number of aryl methyl sites for hydroxylation is 1. The first-order valence-corrected chi connectivity index (χ1v) is 6.97. The van der Waals surface area contributed by atoms with Crippen molar-refractivity contribution < 1.29 is 9.15 Å². The fourth-order valence-electron chi connectivity index (χ4n) is 2.83. The fourth-order valence-corrected chi connectivity index (χ4v) is 2.83. The summed E-state index contributed by atoms with van der Waals surface area (Å²) in [7, 11) is 1.73. The Morgan fingerprint density at radius 3 is 3.00 bits per heavy atom. The molecule has 0 saturated heterocycles. The molecule has 0 aliphatic carbocycles. The maximum atomic E-state index is 5.66. The van der Waals surface area contributed by atoms with Gasteiger partial charge < -0.3 is 9.15 Å². The molecule has 0 atom stereocenters. The Hall–Kier alpha value is -1.65. The molecule has 4 heteroatoms. The molecule has 4 nitrogen and oxygen atoms in total. The van der Waals surface area contributed by atoms with Crippen molar-refractivity contribution in [3.63, 3.8) is 0 Å². The van der Waals surface area contributed by atoms with Crippen LogP contribution in [0, 0.1) is 6.92 Å². The number of fused-ring (bicyclic) bond motifs is 1. The van der Waals surface area contributed by atoms with E-state index in [0.717, 1.165) is 37.6 Å². The summed E-state index contributed by atoms with van der Waals surface area (Å²) in [6.45, 7) is 5.47. The Bertz CT molecular complexity index is 592. The molecule has 0 bridgehead atoms. The van der Waals surface area contributed by atoms with E-state index in [2.05, 4.69) is 16.0 Å². The van der Waals surface area contributed by atoms with Crippen molar-refractivity contribution in [1.29, 1.82) is 0 Å². The van der Waals surface area contributed by atoms with Gasteiger partial charge >= 0.3 is 0 Å². The van der Waals surface area contributed by atoms with Gasteiger partial charge in [-0.05, 0) is 42.2 Å². The van der Waals surface area contributed by atoms with Gasteiger partial charge in [-0.1, -0.05) is 0 Å². The second kappa shape index (κ2) is 5.77. The highest BCUT2D eigenvalue weighted by atomic mass is 16.5. The molecule has 1 aliphatic heterocycles. The number of furan rings is 1. The van der Waals surface area contributed by atoms with E-state index in [1.54, 1.807) is 7.11 Å². The largest absolute Gasteiger partial charge is 0.465 e. The zero-order valence-electron chi connectivity index (χ0n) is 12.1. The summed E-state index contributed by atoms with van der Waals surface area (Å²) in [6, 6.07) is 4.08. The number of ether oxygens (including phenoxy) is 1. The molecule has 0 spiro atoms. The van der Waals surface area contributed by atoms with E-state index in [1.165, 1.54) is 16.7 Å². The van der Waals surface area contributed by atoms with Gasteiger partial charge in [0.2, 0.25) is 0 Å². The summed E-state index contributed by atoms with van der Waals surface area (Å²) >= 11 is 0. The summed E-state index contributed by atoms with van der Waals surface area (Å²) < 4.78 is 10.9. The molecular weight excluding hydrogens is 252 g/mol. The minimum atomic E-state index is 0.646. The number of aromatic nitrogens is 1. The van der Waals surface area contributed by atoms with Gasteiger partial charge in [0, 0.05) is 32.6 Å². The summed E-state index contributed by atoms with van der Waals surface area (Å²) in [6.07, 6.45) is 4.96. The van der Waals surface area contributed by atoms with Crippen LogP contribution < -0.4 is 0 Å². The van der Waals surface area contributed by atoms with Crippen LogP contribution in [0.3, 0.4) is 0 Å². The lowest BCUT2D eigenvalue weighted by atomic mass is 9.97. The van der Waals surface area contributed by atoms with Gasteiger partial charge in [-0.3, -0.25) is 9.88 Å². The monoisotopic (exact) mass is 272 g/mol. The van der Waals surface area contributed by atoms with Gasteiger partial charge in [0.05, 0.1) is 13.2 Å². The number of methoxy groups -OCH3 is 1. The van der Waals surface area contributed by atoms with Crippen LogP contribution in [0.1, 0.15) is 28.2 Å². The first kappa shape index (κ1) is 13.3. The van der Waals surface area contributed by atoms with Gasteiger partial charge in [0.1, 0.15) is 11.5 Å². The average Bonchev–Trinajstić information content (AvgIpc) is 2.84. The summed E-state index contributed by atoms with van der Waals surface area (Å²) in [5.74, 6) is 2.01. The third kappa shape index (κ3) is 2.76. The van der Waals surface area contributed by atoms with Crippen molar-refractivity contribution in [2.45, 2.75) is 33.0 Å². The number of nitrogens with zero attached hydrogens (tertiary/aromatic N) is 2. The quantitative estimate of drug-likeness (QED) is 0.857. The SMILES string of the molecule is COCc1cncc2c1CCN(Cc1ccc(C)o1)C2. The lowest BCUT2D eigenvalue weighted by Crippen LogP contribution is -2.30. The van der Waals surface area contributed by atoms with Crippen LogP contribution in [0.5, 0.6) is 0 Å². The van der Waals surface area contributed by atoms with Gasteiger partial charge in [-0.2, -0.15) is 0 Å². The molecule has 20 heavy (non-hydrogen) atoms. The summed E-state index contributed by atoms with van der Waals surface area (Å²) in [5.41, 5.74) is 3.95. The van der Waals surface area contributed by atoms with Gasteiger partial charge in [0.15, 0.2) is 0 Å². The maximum Gasteiger partial charge on any atom is 0.118 e. The highest BCUT2D eigenvalue weighted by Crippen LogP contribution is 2.23. The minimum absolute atomic E-state index is 0.646. The zero-order chi connectivity index (χ0) is 13.9. The van der Waals surface area contributed by atoms with Crippen LogP contribution in [0.2, 0.25) is 0 Å². The first-order chi connectivity index (χ1) is 9.76. The summed E-state index contributed by atoms with van der Waals surface area (Å²) in [5, 5.41) is 0. The second-order valence-corrected chi connectivity index (χ2v) is 5.34. The van der Waals surface area contributed by atoms with Crippen LogP contribution in [0.25, 0.3) is 0 Å². The zero-order valence-corrected chi connectivity index (χ0v) is 12.1. The van der Waals surface area contributed by atoms with Crippen molar-refractivity contribution >= 4 is 0 Å². The van der Waals surface area contributed by atoms with Crippen molar-refractivity contribution in [3.05, 3.63) is 52.7 Å². The lowest BCUT2D eigenvalue weighted by Gasteiger charge is -2.29. The van der Waals surface area contributed by atoms with Crippen molar-refractivity contribution in [2.75, 3.05) is 13.7 Å². The van der Waals surface area contributed by atoms with Crippen LogP contribution in [-0.4, -0.2) is 23.5 Å². The molecule has 106 valence electrons. The number of hydrogen-bond donors (Lipinski definition) is 0. The highest BCUT2D eigenvalue weighted by molar-refractivity contribution is 5.33. The molecule has 0 aromatic carbocycles. The predicted octanol–water partition coefficient (Wildman–Crippen LogP) is 2.69. The Kier molecular flexibility index (Phi) is 3.85. The average molecular weight is 272 g/mol. The lowest BCUT2D eigenvalue weighted by molar-refractivity contribution is 0.181. The third-order valence-electron chi connectivity index (χ3n) is 3.78. The molecular formula is C16H20N2O2. The molecule has 0 saturated carbocycles. The van der Waals surface area contributed by atoms with Crippen LogP contribution in [-0.2, 0) is 30.9 Å². The highest BCUT2D eigenvalue weighted by Gasteiger charge is 2.19. The third-order valence-corrected chi connectivity index (χ3v) is 3.78. The topological polar surface area (TPSA) is 38.5 Å². The first-order valence-electron chi connectivity index (χ1n) is 6.97. The van der Waals surface area contributed by atoms with E-state index >= 15 is 0 Å². The van der Waals surface area contributed by atoms with E-state index in [0.29, 0.717) is 6.61 Å². The smallest absolute Gasteiger partial charge is 0.118 e. The van der Waals surface area contributed by atoms with Crippen LogP contribution in [0.15, 0.2) is 28.9 Å². The number of pyridine rings is 1. The van der Waals surface area contributed by atoms with E-state index in [1.807, 2.05) is 25.4 Å². The van der Waals surface area contributed by atoms with Gasteiger partial charge in [0.25, 0.3) is 0 Å². The van der Waals surface area contributed by atoms with E-state index in [9.17, 15) is 0 Å². The predicted molar refractivity (Wildman–Crippen MR) is 76.2 cm³/mol. The second-order valence-electron chi connectivity index (χ2n) is 5.34. The van der Waals surface area contributed by atoms with Gasteiger partial charge in [-0.25, -0.2) is 0 Å². The minimum Gasteiger partial charge on any atom is -0.465 e. The number of hydrogen-bond acceptors (Lipinski definition) is 4. The Morgan fingerprint density at radius 1 is 1.35 bits per heavy atom. The molecule has 3 rings (SSSR count). The number of rotatable bonds is 4. The standard InChI is InChI=1S/C16H20N2O2/c1-12-3-4-15(20-12)10-18-6-5-16-13(9-18)7-17-8-14(16)11-19-2/h3-4,7-8H,5-6,9-11H2,1-2H3. The Labute approximate surface area is 119 Å². The maximum absolute atomic E-state index is 5.66. The fraction of sp³-hybridized carbons (Fsp3) is 0.438. The molecule has 1 aliphatic rings. The van der Waals surface area contributed by atoms with Crippen molar-refractivity contribution in [3.8, 4) is 0 Å². The molecule has 2 aromatic rings. The Balaban J connectivity index is 1.73. The molecule has 0 N–H and O–H groups in total. The molecule has 0 unspecified atom stereocenters.